The van der Waals surface area contributed by atoms with Gasteiger partial charge in [0.1, 0.15) is 11.6 Å². The molecule has 2 atom stereocenters. The number of hydrogen-bond acceptors (Lipinski definition) is 3. The zero-order valence-corrected chi connectivity index (χ0v) is 24.6. The normalized spacial score (nSPS) is 15.7. The monoisotopic (exact) mass is 570 g/mol. The van der Waals surface area contributed by atoms with E-state index in [1.54, 1.807) is 19.2 Å². The zero-order valence-electron chi connectivity index (χ0n) is 23.8. The molecule has 0 aromatic heterocycles. The number of aryl methyl sites for hydroxylation is 1. The van der Waals surface area contributed by atoms with Gasteiger partial charge in [-0.1, -0.05) is 78.3 Å². The number of halogens is 2. The van der Waals surface area contributed by atoms with E-state index < -0.39 is 0 Å². The molecule has 212 valence electrons. The topological polar surface area (TPSA) is 32.8 Å². The Morgan fingerprint density at radius 1 is 1.00 bits per heavy atom. The molecule has 2 unspecified atom stereocenters. The minimum absolute atomic E-state index is 0.0386. The second-order valence-corrected chi connectivity index (χ2v) is 11.2. The van der Waals surface area contributed by atoms with E-state index in [-0.39, 0.29) is 36.9 Å². The zero-order chi connectivity index (χ0) is 28.9. The van der Waals surface area contributed by atoms with E-state index in [0.29, 0.717) is 17.0 Å². The first-order valence-electron chi connectivity index (χ1n) is 14.1. The number of nitrogens with zero attached hydrogens (tertiary/aromatic N) is 2. The fourth-order valence-electron chi connectivity index (χ4n) is 5.87. The minimum atomic E-state index is -0.307. The molecule has 4 aromatic carbocycles. The van der Waals surface area contributed by atoms with Gasteiger partial charge in [-0.25, -0.2) is 4.39 Å². The maximum absolute atomic E-state index is 14.8. The van der Waals surface area contributed by atoms with Gasteiger partial charge in [-0.15, -0.1) is 0 Å². The SMILES string of the molecule is COc1ccc(CC(C)N(Cc2ccccc2F)C(=O)CN2CCc3ccccc3C2c2ccccc2Cl)c(C)c1. The smallest absolute Gasteiger partial charge is 0.237 e. The number of methoxy groups -OCH3 is 1. The Morgan fingerprint density at radius 2 is 1.71 bits per heavy atom. The molecule has 1 aliphatic heterocycles. The van der Waals surface area contributed by atoms with Crippen molar-refractivity contribution >= 4 is 17.5 Å². The fourth-order valence-corrected chi connectivity index (χ4v) is 6.11. The summed E-state index contributed by atoms with van der Waals surface area (Å²) in [7, 11) is 1.65. The molecule has 0 bridgehead atoms. The van der Waals surface area contributed by atoms with Crippen LogP contribution in [0.4, 0.5) is 4.39 Å². The number of ether oxygens (including phenoxy) is 1. The van der Waals surface area contributed by atoms with Crippen molar-refractivity contribution in [3.63, 3.8) is 0 Å². The van der Waals surface area contributed by atoms with Crippen molar-refractivity contribution in [2.75, 3.05) is 20.2 Å². The maximum Gasteiger partial charge on any atom is 0.237 e. The van der Waals surface area contributed by atoms with Gasteiger partial charge in [0, 0.05) is 29.7 Å². The van der Waals surface area contributed by atoms with Crippen LogP contribution in [0.5, 0.6) is 5.75 Å². The van der Waals surface area contributed by atoms with Crippen LogP contribution in [0.1, 0.15) is 46.3 Å². The van der Waals surface area contributed by atoms with Gasteiger partial charge in [-0.2, -0.15) is 0 Å². The number of amides is 1. The Bertz CT molecular complexity index is 1520. The van der Waals surface area contributed by atoms with Crippen molar-refractivity contribution in [1.29, 1.82) is 0 Å². The fraction of sp³-hybridized carbons (Fsp3) is 0.286. The standard InChI is InChI=1S/C35H36ClFN2O2/c1-24-20-29(41-3)17-16-27(24)21-25(2)39(22-28-11-5-9-15-33(28)37)34(40)23-38-19-18-26-10-4-6-12-30(26)35(38)31-13-7-8-14-32(31)36/h4-17,20,25,35H,18-19,21-23H2,1-3H3. The first-order chi connectivity index (χ1) is 19.9. The molecular formula is C35H36ClFN2O2. The third-order valence-corrected chi connectivity index (χ3v) is 8.48. The van der Waals surface area contributed by atoms with Gasteiger partial charge >= 0.3 is 0 Å². The molecule has 0 aliphatic carbocycles. The molecule has 0 spiro atoms. The number of hydrogen-bond donors (Lipinski definition) is 0. The highest BCUT2D eigenvalue weighted by atomic mass is 35.5. The van der Waals surface area contributed by atoms with E-state index in [1.807, 2.05) is 73.3 Å². The molecule has 4 aromatic rings. The van der Waals surface area contributed by atoms with Crippen molar-refractivity contribution in [1.82, 2.24) is 9.80 Å². The summed E-state index contributed by atoms with van der Waals surface area (Å²) in [6.07, 6.45) is 1.49. The highest BCUT2D eigenvalue weighted by Gasteiger charge is 2.33. The van der Waals surface area contributed by atoms with Crippen LogP contribution < -0.4 is 4.74 Å². The molecule has 1 aliphatic rings. The Morgan fingerprint density at radius 3 is 2.44 bits per heavy atom. The van der Waals surface area contributed by atoms with Crippen LogP contribution in [-0.4, -0.2) is 41.9 Å². The maximum atomic E-state index is 14.8. The first-order valence-corrected chi connectivity index (χ1v) is 14.5. The molecule has 41 heavy (non-hydrogen) atoms. The molecule has 0 N–H and O–H groups in total. The summed E-state index contributed by atoms with van der Waals surface area (Å²) in [5.74, 6) is 0.455. The lowest BCUT2D eigenvalue weighted by atomic mass is 9.88. The third kappa shape index (κ3) is 6.47. The van der Waals surface area contributed by atoms with Gasteiger partial charge in [0.25, 0.3) is 0 Å². The molecule has 1 heterocycles. The van der Waals surface area contributed by atoms with Gasteiger partial charge in [-0.05, 0) is 78.8 Å². The Hall–Kier alpha value is -3.67. The first kappa shape index (κ1) is 28.8. The quantitative estimate of drug-likeness (QED) is 0.210. The van der Waals surface area contributed by atoms with Crippen molar-refractivity contribution in [3.05, 3.63) is 135 Å². The number of rotatable bonds is 9. The van der Waals surface area contributed by atoms with Gasteiger partial charge in [0.2, 0.25) is 5.91 Å². The average Bonchev–Trinajstić information content (AvgIpc) is 2.98. The summed E-state index contributed by atoms with van der Waals surface area (Å²) in [6.45, 7) is 5.21. The molecule has 0 fully saturated rings. The second-order valence-electron chi connectivity index (χ2n) is 10.8. The number of carbonyl (C=O) groups is 1. The highest BCUT2D eigenvalue weighted by Crippen LogP contribution is 2.38. The summed E-state index contributed by atoms with van der Waals surface area (Å²) < 4.78 is 20.2. The van der Waals surface area contributed by atoms with Crippen LogP contribution in [0.15, 0.2) is 91.0 Å². The van der Waals surface area contributed by atoms with Crippen LogP contribution in [0.2, 0.25) is 5.02 Å². The lowest BCUT2D eigenvalue weighted by molar-refractivity contribution is -0.135. The van der Waals surface area contributed by atoms with Crippen molar-refractivity contribution in [2.24, 2.45) is 0 Å². The van der Waals surface area contributed by atoms with Crippen molar-refractivity contribution < 1.29 is 13.9 Å². The van der Waals surface area contributed by atoms with Crippen LogP contribution in [0, 0.1) is 12.7 Å². The Balaban J connectivity index is 1.46. The van der Waals surface area contributed by atoms with Crippen molar-refractivity contribution in [3.8, 4) is 5.75 Å². The molecule has 0 radical (unpaired) electrons. The summed E-state index contributed by atoms with van der Waals surface area (Å²) >= 11 is 6.72. The van der Waals surface area contributed by atoms with Crippen LogP contribution >= 0.6 is 11.6 Å². The second kappa shape index (κ2) is 12.9. The predicted octanol–water partition coefficient (Wildman–Crippen LogP) is 7.40. The van der Waals surface area contributed by atoms with Gasteiger partial charge < -0.3 is 9.64 Å². The minimum Gasteiger partial charge on any atom is -0.497 e. The Labute approximate surface area is 247 Å². The molecule has 0 saturated heterocycles. The number of fused-ring (bicyclic) bond motifs is 1. The summed E-state index contributed by atoms with van der Waals surface area (Å²) in [6, 6.07) is 28.6. The van der Waals surface area contributed by atoms with E-state index in [4.69, 9.17) is 16.3 Å². The largest absolute Gasteiger partial charge is 0.497 e. The van der Waals surface area contributed by atoms with Crippen molar-refractivity contribution in [2.45, 2.75) is 45.3 Å². The molecular weight excluding hydrogens is 535 g/mol. The third-order valence-electron chi connectivity index (χ3n) is 8.14. The van der Waals surface area contributed by atoms with E-state index in [0.717, 1.165) is 35.4 Å². The van der Waals surface area contributed by atoms with Gasteiger partial charge in [0.15, 0.2) is 0 Å². The highest BCUT2D eigenvalue weighted by molar-refractivity contribution is 6.31. The number of carbonyl (C=O) groups excluding carboxylic acids is 1. The molecule has 0 saturated carbocycles. The number of benzene rings is 4. The van der Waals surface area contributed by atoms with Gasteiger partial charge in [-0.3, -0.25) is 9.69 Å². The average molecular weight is 571 g/mol. The summed E-state index contributed by atoms with van der Waals surface area (Å²) in [4.78, 5) is 18.3. The van der Waals surface area contributed by atoms with E-state index in [2.05, 4.69) is 23.1 Å². The lowest BCUT2D eigenvalue weighted by Gasteiger charge is -2.39. The van der Waals surface area contributed by atoms with E-state index in [9.17, 15) is 9.18 Å². The van der Waals surface area contributed by atoms with Gasteiger partial charge in [0.05, 0.1) is 19.7 Å². The summed E-state index contributed by atoms with van der Waals surface area (Å²) in [5, 5.41) is 0.679. The molecule has 5 rings (SSSR count). The van der Waals surface area contributed by atoms with Crippen LogP contribution in [-0.2, 0) is 24.2 Å². The van der Waals surface area contributed by atoms with E-state index in [1.165, 1.54) is 17.2 Å². The molecule has 4 nitrogen and oxygen atoms in total. The predicted molar refractivity (Wildman–Crippen MR) is 163 cm³/mol. The summed E-state index contributed by atoms with van der Waals surface area (Å²) in [5.41, 5.74) is 6.16. The van der Waals surface area contributed by atoms with Crippen LogP contribution in [0.3, 0.4) is 0 Å². The Kier molecular flexibility index (Phi) is 9.06. The lowest BCUT2D eigenvalue weighted by Crippen LogP contribution is -2.47. The van der Waals surface area contributed by atoms with E-state index >= 15 is 0 Å². The van der Waals surface area contributed by atoms with Crippen LogP contribution in [0.25, 0.3) is 0 Å². The molecule has 6 heteroatoms. The molecule has 1 amide bonds.